The van der Waals surface area contributed by atoms with Crippen LogP contribution in [0.5, 0.6) is 0 Å². The molecule has 1 aromatic carbocycles. The van der Waals surface area contributed by atoms with E-state index in [4.69, 9.17) is 0 Å². The molecule has 80 valence electrons. The number of rotatable bonds is 1. The Morgan fingerprint density at radius 1 is 1.20 bits per heavy atom. The molecule has 0 radical (unpaired) electrons. The lowest BCUT2D eigenvalue weighted by atomic mass is 10.00. The predicted molar refractivity (Wildman–Crippen MR) is 68.8 cm³/mol. The van der Waals surface area contributed by atoms with Crippen molar-refractivity contribution in [3.8, 4) is 0 Å². The van der Waals surface area contributed by atoms with Crippen molar-refractivity contribution >= 4 is 16.8 Å². The van der Waals surface area contributed by atoms with Crippen LogP contribution in [0.25, 0.3) is 0 Å². The first-order chi connectivity index (χ1) is 7.08. The van der Waals surface area contributed by atoms with E-state index in [1.54, 1.807) is 0 Å². The minimum absolute atomic E-state index is 0.413. The fourth-order valence-corrected chi connectivity index (χ4v) is 3.38. The quantitative estimate of drug-likeness (QED) is 0.698. The fraction of sp³-hybridized carbons (Fsp3) is 0.462. The fourth-order valence-electron chi connectivity index (χ4n) is 2.14. The summed E-state index contributed by atoms with van der Waals surface area (Å²) in [5.41, 5.74) is 4.17. The summed E-state index contributed by atoms with van der Waals surface area (Å²) in [5, 5.41) is 1.73. The lowest BCUT2D eigenvalue weighted by Gasteiger charge is -2.16. The maximum atomic E-state index is 4.59. The molecule has 1 heterocycles. The largest absolute Gasteiger partial charge is 0.279 e. The Labute approximate surface area is 96.0 Å². The molecule has 0 spiro atoms. The van der Waals surface area contributed by atoms with Gasteiger partial charge in [0.15, 0.2) is 0 Å². The second kappa shape index (κ2) is 4.01. The number of hydrogen-bond acceptors (Lipinski definition) is 2. The summed E-state index contributed by atoms with van der Waals surface area (Å²) in [4.78, 5) is 4.59. The molecule has 0 N–H and O–H groups in total. The van der Waals surface area contributed by atoms with Crippen LogP contribution in [0.2, 0.25) is 0 Å². The van der Waals surface area contributed by atoms with Crippen molar-refractivity contribution < 1.29 is 0 Å². The van der Waals surface area contributed by atoms with E-state index < -0.39 is 0 Å². The van der Waals surface area contributed by atoms with Crippen molar-refractivity contribution in [2.75, 3.05) is 0 Å². The highest BCUT2D eigenvalue weighted by molar-refractivity contribution is 8.14. The third-order valence-corrected chi connectivity index (χ3v) is 4.20. The number of thioether (sulfide) groups is 1. The summed E-state index contributed by atoms with van der Waals surface area (Å²) in [7, 11) is 0. The minimum Gasteiger partial charge on any atom is -0.279 e. The van der Waals surface area contributed by atoms with E-state index in [-0.39, 0.29) is 0 Å². The van der Waals surface area contributed by atoms with Crippen LogP contribution in [0.4, 0.5) is 0 Å². The Bertz CT molecular complexity index is 409. The summed E-state index contributed by atoms with van der Waals surface area (Å²) in [6.45, 7) is 8.64. The average molecular weight is 219 g/mol. The molecule has 0 aliphatic carbocycles. The number of benzene rings is 1. The Morgan fingerprint density at radius 2 is 1.93 bits per heavy atom. The Hall–Kier alpha value is -0.760. The van der Waals surface area contributed by atoms with E-state index in [2.05, 4.69) is 50.9 Å². The number of hydrogen-bond donors (Lipinski definition) is 0. The summed E-state index contributed by atoms with van der Waals surface area (Å²) in [6.07, 6.45) is 0. The maximum absolute atomic E-state index is 4.59. The molecule has 0 bridgehead atoms. The van der Waals surface area contributed by atoms with Crippen LogP contribution in [-0.2, 0) is 0 Å². The van der Waals surface area contributed by atoms with E-state index in [9.17, 15) is 0 Å². The van der Waals surface area contributed by atoms with Crippen molar-refractivity contribution in [3.05, 3.63) is 34.9 Å². The van der Waals surface area contributed by atoms with Crippen LogP contribution in [0.15, 0.2) is 23.2 Å². The summed E-state index contributed by atoms with van der Waals surface area (Å²) < 4.78 is 0. The highest BCUT2D eigenvalue weighted by atomic mass is 32.2. The summed E-state index contributed by atoms with van der Waals surface area (Å²) in [5.74, 6) is 0. The van der Waals surface area contributed by atoms with Crippen LogP contribution in [0, 0.1) is 13.8 Å². The molecule has 1 aliphatic rings. The zero-order valence-electron chi connectivity index (χ0n) is 9.74. The van der Waals surface area contributed by atoms with Crippen LogP contribution in [-0.4, -0.2) is 11.1 Å². The molecule has 0 fully saturated rings. The highest BCUT2D eigenvalue weighted by Crippen LogP contribution is 2.41. The molecule has 2 atom stereocenters. The van der Waals surface area contributed by atoms with Crippen LogP contribution in [0.1, 0.15) is 35.8 Å². The van der Waals surface area contributed by atoms with Crippen molar-refractivity contribution in [3.63, 3.8) is 0 Å². The smallest absolute Gasteiger partial charge is 0.0655 e. The van der Waals surface area contributed by atoms with Gasteiger partial charge in [-0.3, -0.25) is 4.99 Å². The van der Waals surface area contributed by atoms with Gasteiger partial charge in [0.25, 0.3) is 0 Å². The summed E-state index contributed by atoms with van der Waals surface area (Å²) >= 11 is 1.90. The van der Waals surface area contributed by atoms with Gasteiger partial charge in [0.05, 0.1) is 16.3 Å². The first kappa shape index (κ1) is 10.7. The first-order valence-electron chi connectivity index (χ1n) is 5.36. The molecule has 1 aromatic rings. The van der Waals surface area contributed by atoms with Gasteiger partial charge in [0, 0.05) is 0 Å². The van der Waals surface area contributed by atoms with Crippen LogP contribution in [0.3, 0.4) is 0 Å². The zero-order valence-corrected chi connectivity index (χ0v) is 10.6. The van der Waals surface area contributed by atoms with Crippen LogP contribution < -0.4 is 0 Å². The van der Waals surface area contributed by atoms with E-state index in [0.717, 1.165) is 0 Å². The second-order valence-electron chi connectivity index (χ2n) is 4.29. The molecule has 0 saturated heterocycles. The van der Waals surface area contributed by atoms with Gasteiger partial charge in [-0.05, 0) is 38.8 Å². The van der Waals surface area contributed by atoms with Crippen molar-refractivity contribution in [2.45, 2.75) is 39.0 Å². The van der Waals surface area contributed by atoms with E-state index in [1.807, 2.05) is 11.8 Å². The van der Waals surface area contributed by atoms with Crippen molar-refractivity contribution in [1.29, 1.82) is 0 Å². The molecular formula is C13H17NS. The molecule has 15 heavy (non-hydrogen) atoms. The van der Waals surface area contributed by atoms with Gasteiger partial charge >= 0.3 is 0 Å². The Balaban J connectivity index is 2.32. The molecular weight excluding hydrogens is 202 g/mol. The van der Waals surface area contributed by atoms with Gasteiger partial charge in [-0.25, -0.2) is 0 Å². The molecule has 0 saturated carbocycles. The maximum Gasteiger partial charge on any atom is 0.0655 e. The Kier molecular flexibility index (Phi) is 2.87. The number of nitrogens with zero attached hydrogens (tertiary/aromatic N) is 1. The molecule has 1 unspecified atom stereocenters. The highest BCUT2D eigenvalue weighted by Gasteiger charge is 2.27. The summed E-state index contributed by atoms with van der Waals surface area (Å²) in [6, 6.07) is 7.13. The molecule has 1 nitrogen and oxygen atoms in total. The lowest BCUT2D eigenvalue weighted by Crippen LogP contribution is -2.06. The second-order valence-corrected chi connectivity index (χ2v) is 5.62. The van der Waals surface area contributed by atoms with E-state index in [0.29, 0.717) is 11.3 Å². The minimum atomic E-state index is 0.413. The third-order valence-electron chi connectivity index (χ3n) is 2.85. The standard InChI is InChI=1S/C13H17NS/c1-8-5-6-12(9(2)7-8)13-10(3)14-11(4)15-13/h5-7,10,13H,1-4H3/t10-,13?/m1/s1. The number of aliphatic imine (C=N–C) groups is 1. The van der Waals surface area contributed by atoms with Crippen LogP contribution >= 0.6 is 11.8 Å². The third kappa shape index (κ3) is 2.10. The SMILES string of the molecule is CC1=N[C@H](C)C(c2ccc(C)cc2C)S1. The predicted octanol–water partition coefficient (Wildman–Crippen LogP) is 3.90. The average Bonchev–Trinajstić information content (AvgIpc) is 2.45. The molecule has 2 heteroatoms. The van der Waals surface area contributed by atoms with Gasteiger partial charge in [-0.2, -0.15) is 0 Å². The van der Waals surface area contributed by atoms with Gasteiger partial charge in [0.1, 0.15) is 0 Å². The van der Waals surface area contributed by atoms with Gasteiger partial charge in [-0.1, -0.05) is 23.8 Å². The lowest BCUT2D eigenvalue weighted by molar-refractivity contribution is 0.736. The molecule has 0 aromatic heterocycles. The van der Waals surface area contributed by atoms with Gasteiger partial charge in [-0.15, -0.1) is 11.8 Å². The zero-order chi connectivity index (χ0) is 11.0. The van der Waals surface area contributed by atoms with Crippen molar-refractivity contribution in [2.24, 2.45) is 4.99 Å². The molecule has 1 aliphatic heterocycles. The Morgan fingerprint density at radius 3 is 2.47 bits per heavy atom. The topological polar surface area (TPSA) is 12.4 Å². The first-order valence-corrected chi connectivity index (χ1v) is 6.24. The van der Waals surface area contributed by atoms with E-state index in [1.165, 1.54) is 21.7 Å². The number of aryl methyl sites for hydroxylation is 2. The molecule has 2 rings (SSSR count). The monoisotopic (exact) mass is 219 g/mol. The van der Waals surface area contributed by atoms with Gasteiger partial charge < -0.3 is 0 Å². The van der Waals surface area contributed by atoms with Gasteiger partial charge in [0.2, 0.25) is 0 Å². The molecule has 0 amide bonds. The van der Waals surface area contributed by atoms with E-state index >= 15 is 0 Å². The van der Waals surface area contributed by atoms with Crippen molar-refractivity contribution in [1.82, 2.24) is 0 Å². The normalized spacial score (nSPS) is 25.5.